The summed E-state index contributed by atoms with van der Waals surface area (Å²) in [5.41, 5.74) is 0.806. The molecule has 0 aromatic heterocycles. The number of piperazine rings is 1. The van der Waals surface area contributed by atoms with Gasteiger partial charge in [0.05, 0.1) is 11.7 Å². The van der Waals surface area contributed by atoms with Gasteiger partial charge < -0.3 is 15.2 Å². The van der Waals surface area contributed by atoms with Gasteiger partial charge in [-0.15, -0.1) is 0 Å². The first-order valence-electron chi connectivity index (χ1n) is 9.40. The minimum Gasteiger partial charge on any atom is -0.491 e. The SMILES string of the molecule is CC(C)Oc1ccccc1[C@H]1CN(C2CCC(C)(O)CC2)CCN1. The van der Waals surface area contributed by atoms with E-state index in [1.165, 1.54) is 5.56 Å². The fourth-order valence-corrected chi connectivity index (χ4v) is 4.03. The molecule has 0 radical (unpaired) electrons. The summed E-state index contributed by atoms with van der Waals surface area (Å²) < 4.78 is 6.01. The van der Waals surface area contributed by atoms with Crippen LogP contribution < -0.4 is 10.1 Å². The van der Waals surface area contributed by atoms with Crippen LogP contribution in [0.1, 0.15) is 58.1 Å². The number of hydrogen-bond donors (Lipinski definition) is 2. The summed E-state index contributed by atoms with van der Waals surface area (Å²) in [6.07, 6.45) is 4.22. The Balaban J connectivity index is 1.68. The predicted molar refractivity (Wildman–Crippen MR) is 97.4 cm³/mol. The van der Waals surface area contributed by atoms with Crippen LogP contribution in [0.5, 0.6) is 5.75 Å². The Morgan fingerprint density at radius 3 is 2.67 bits per heavy atom. The Hall–Kier alpha value is -1.10. The molecular weight excluding hydrogens is 300 g/mol. The molecule has 1 saturated heterocycles. The van der Waals surface area contributed by atoms with E-state index in [0.717, 1.165) is 51.1 Å². The van der Waals surface area contributed by atoms with Crippen LogP contribution >= 0.6 is 0 Å². The summed E-state index contributed by atoms with van der Waals surface area (Å²) in [4.78, 5) is 2.61. The van der Waals surface area contributed by atoms with Crippen LogP contribution in [0.15, 0.2) is 24.3 Å². The van der Waals surface area contributed by atoms with Gasteiger partial charge in [-0.25, -0.2) is 0 Å². The first-order valence-corrected chi connectivity index (χ1v) is 9.40. The van der Waals surface area contributed by atoms with E-state index in [4.69, 9.17) is 4.74 Å². The van der Waals surface area contributed by atoms with Gasteiger partial charge in [0.1, 0.15) is 5.75 Å². The molecule has 1 saturated carbocycles. The lowest BCUT2D eigenvalue weighted by atomic mass is 9.82. The van der Waals surface area contributed by atoms with Crippen LogP contribution in [-0.4, -0.2) is 47.4 Å². The van der Waals surface area contributed by atoms with Crippen molar-refractivity contribution in [3.63, 3.8) is 0 Å². The molecule has 2 N–H and O–H groups in total. The second-order valence-corrected chi connectivity index (χ2v) is 7.93. The number of aliphatic hydroxyl groups is 1. The summed E-state index contributed by atoms with van der Waals surface area (Å²) in [7, 11) is 0. The zero-order chi connectivity index (χ0) is 17.2. The third-order valence-electron chi connectivity index (χ3n) is 5.41. The normalized spacial score (nSPS) is 32.0. The Morgan fingerprint density at radius 1 is 1.25 bits per heavy atom. The lowest BCUT2D eigenvalue weighted by Gasteiger charge is -2.43. The van der Waals surface area contributed by atoms with Gasteiger partial charge in [-0.2, -0.15) is 0 Å². The minimum atomic E-state index is -0.457. The molecule has 0 spiro atoms. The first kappa shape index (κ1) is 17.7. The number of benzene rings is 1. The second-order valence-electron chi connectivity index (χ2n) is 7.93. The van der Waals surface area contributed by atoms with Crippen molar-refractivity contribution in [1.82, 2.24) is 10.2 Å². The number of nitrogens with one attached hydrogen (secondary N) is 1. The molecule has 2 aliphatic rings. The van der Waals surface area contributed by atoms with E-state index in [1.807, 2.05) is 13.0 Å². The molecule has 2 fully saturated rings. The van der Waals surface area contributed by atoms with Crippen molar-refractivity contribution >= 4 is 0 Å². The van der Waals surface area contributed by atoms with E-state index < -0.39 is 5.60 Å². The quantitative estimate of drug-likeness (QED) is 0.889. The van der Waals surface area contributed by atoms with E-state index in [0.29, 0.717) is 12.1 Å². The number of para-hydroxylation sites is 1. The molecule has 1 aliphatic carbocycles. The monoisotopic (exact) mass is 332 g/mol. The fourth-order valence-electron chi connectivity index (χ4n) is 4.03. The molecular formula is C20H32N2O2. The molecule has 1 atom stereocenters. The molecule has 0 amide bonds. The number of hydrogen-bond acceptors (Lipinski definition) is 4. The van der Waals surface area contributed by atoms with Crippen molar-refractivity contribution in [2.24, 2.45) is 0 Å². The molecule has 4 nitrogen and oxygen atoms in total. The summed E-state index contributed by atoms with van der Waals surface area (Å²) in [6.45, 7) is 9.25. The van der Waals surface area contributed by atoms with Gasteiger partial charge in [-0.3, -0.25) is 4.90 Å². The van der Waals surface area contributed by atoms with Gasteiger partial charge in [-0.05, 0) is 52.5 Å². The van der Waals surface area contributed by atoms with Crippen LogP contribution in [0.4, 0.5) is 0 Å². The second kappa shape index (κ2) is 7.42. The number of rotatable bonds is 4. The highest BCUT2D eigenvalue weighted by atomic mass is 16.5. The highest BCUT2D eigenvalue weighted by Gasteiger charge is 2.34. The lowest BCUT2D eigenvalue weighted by Crippen LogP contribution is -2.52. The number of ether oxygens (including phenoxy) is 1. The van der Waals surface area contributed by atoms with Crippen LogP contribution in [0, 0.1) is 0 Å². The molecule has 0 bridgehead atoms. The molecule has 1 aliphatic heterocycles. The average Bonchev–Trinajstić information content (AvgIpc) is 2.55. The van der Waals surface area contributed by atoms with Crippen molar-refractivity contribution < 1.29 is 9.84 Å². The minimum absolute atomic E-state index is 0.186. The summed E-state index contributed by atoms with van der Waals surface area (Å²) in [5, 5.41) is 13.9. The summed E-state index contributed by atoms with van der Waals surface area (Å²) >= 11 is 0. The molecule has 0 unspecified atom stereocenters. The maximum absolute atomic E-state index is 10.2. The summed E-state index contributed by atoms with van der Waals surface area (Å²) in [6, 6.07) is 9.33. The van der Waals surface area contributed by atoms with Crippen LogP contribution in [-0.2, 0) is 0 Å². The van der Waals surface area contributed by atoms with Crippen LogP contribution in [0.2, 0.25) is 0 Å². The predicted octanol–water partition coefficient (Wildman–Crippen LogP) is 3.11. The zero-order valence-electron chi connectivity index (χ0n) is 15.3. The fraction of sp³-hybridized carbons (Fsp3) is 0.700. The zero-order valence-corrected chi connectivity index (χ0v) is 15.3. The Bertz CT molecular complexity index is 534. The van der Waals surface area contributed by atoms with Gasteiger partial charge in [0, 0.05) is 37.3 Å². The highest BCUT2D eigenvalue weighted by Crippen LogP contribution is 2.33. The smallest absolute Gasteiger partial charge is 0.124 e. The van der Waals surface area contributed by atoms with E-state index in [1.54, 1.807) is 0 Å². The van der Waals surface area contributed by atoms with Gasteiger partial charge in [0.2, 0.25) is 0 Å². The third-order valence-corrected chi connectivity index (χ3v) is 5.41. The topological polar surface area (TPSA) is 44.7 Å². The van der Waals surface area contributed by atoms with Crippen LogP contribution in [0.25, 0.3) is 0 Å². The molecule has 24 heavy (non-hydrogen) atoms. The third kappa shape index (κ3) is 4.29. The lowest BCUT2D eigenvalue weighted by molar-refractivity contribution is -0.00999. The Kier molecular flexibility index (Phi) is 5.48. The molecule has 1 aromatic rings. The van der Waals surface area contributed by atoms with Crippen molar-refractivity contribution in [1.29, 1.82) is 0 Å². The largest absolute Gasteiger partial charge is 0.491 e. The maximum atomic E-state index is 10.2. The summed E-state index contributed by atoms with van der Waals surface area (Å²) in [5.74, 6) is 0.999. The average molecular weight is 332 g/mol. The first-order chi connectivity index (χ1) is 11.4. The Morgan fingerprint density at radius 2 is 1.96 bits per heavy atom. The van der Waals surface area contributed by atoms with Gasteiger partial charge >= 0.3 is 0 Å². The van der Waals surface area contributed by atoms with E-state index in [-0.39, 0.29) is 6.10 Å². The molecule has 134 valence electrons. The van der Waals surface area contributed by atoms with Gasteiger partial charge in [0.15, 0.2) is 0 Å². The van der Waals surface area contributed by atoms with Gasteiger partial charge in [0.25, 0.3) is 0 Å². The highest BCUT2D eigenvalue weighted by molar-refractivity contribution is 5.36. The molecule has 1 aromatic carbocycles. The van der Waals surface area contributed by atoms with E-state index in [2.05, 4.69) is 42.3 Å². The molecule has 4 heteroatoms. The molecule has 3 rings (SSSR count). The van der Waals surface area contributed by atoms with Crippen molar-refractivity contribution in [2.45, 2.75) is 70.2 Å². The van der Waals surface area contributed by atoms with Gasteiger partial charge in [-0.1, -0.05) is 18.2 Å². The van der Waals surface area contributed by atoms with E-state index in [9.17, 15) is 5.11 Å². The molecule has 1 heterocycles. The van der Waals surface area contributed by atoms with Crippen molar-refractivity contribution in [3.8, 4) is 5.75 Å². The maximum Gasteiger partial charge on any atom is 0.124 e. The number of nitrogens with zero attached hydrogens (tertiary/aromatic N) is 1. The van der Waals surface area contributed by atoms with Crippen LogP contribution in [0.3, 0.4) is 0 Å². The standard InChI is InChI=1S/C20H32N2O2/c1-15(2)24-19-7-5-4-6-17(19)18-14-22(13-12-21-18)16-8-10-20(3,23)11-9-16/h4-7,15-16,18,21,23H,8-14H2,1-3H3/t16?,18-,20?/m1/s1. The van der Waals surface area contributed by atoms with E-state index >= 15 is 0 Å². The van der Waals surface area contributed by atoms with Crippen molar-refractivity contribution in [2.75, 3.05) is 19.6 Å². The Labute approximate surface area is 146 Å². The van der Waals surface area contributed by atoms with Crippen molar-refractivity contribution in [3.05, 3.63) is 29.8 Å².